The lowest BCUT2D eigenvalue weighted by atomic mass is 10.2. The molecule has 0 aliphatic rings. The van der Waals surface area contributed by atoms with E-state index in [1.54, 1.807) is 12.1 Å². The third-order valence-electron chi connectivity index (χ3n) is 2.84. The number of nitrogens with zero attached hydrogens (tertiary/aromatic N) is 3. The van der Waals surface area contributed by atoms with Gasteiger partial charge in [-0.3, -0.25) is 4.57 Å². The lowest BCUT2D eigenvalue weighted by molar-refractivity contribution is 0.284. The Bertz CT molecular complexity index is 589. The molecular formula is C13H15Cl2N3OS. The van der Waals surface area contributed by atoms with Crippen molar-refractivity contribution >= 4 is 35.0 Å². The van der Waals surface area contributed by atoms with Crippen molar-refractivity contribution in [1.82, 2.24) is 14.8 Å². The van der Waals surface area contributed by atoms with Gasteiger partial charge in [0.2, 0.25) is 0 Å². The Balaban J connectivity index is 2.39. The van der Waals surface area contributed by atoms with Crippen LogP contribution in [0.4, 0.5) is 0 Å². The molecule has 0 saturated heterocycles. The van der Waals surface area contributed by atoms with Gasteiger partial charge in [0.25, 0.3) is 0 Å². The van der Waals surface area contributed by atoms with Crippen molar-refractivity contribution in [1.29, 1.82) is 0 Å². The molecule has 1 aromatic carbocycles. The number of aryl methyl sites for hydroxylation is 1. The number of unbranched alkanes of at least 4 members (excludes halogenated alkanes) is 1. The van der Waals surface area contributed by atoms with Crippen LogP contribution in [0, 0.1) is 0 Å². The summed E-state index contributed by atoms with van der Waals surface area (Å²) in [7, 11) is 0. The molecule has 4 nitrogen and oxygen atoms in total. The zero-order chi connectivity index (χ0) is 14.5. The molecule has 20 heavy (non-hydrogen) atoms. The van der Waals surface area contributed by atoms with Gasteiger partial charge in [-0.15, -0.1) is 10.2 Å². The van der Waals surface area contributed by atoms with Crippen LogP contribution in [0.1, 0.15) is 18.7 Å². The van der Waals surface area contributed by atoms with Crippen molar-refractivity contribution in [3.05, 3.63) is 34.1 Å². The Hall–Kier alpha value is -0.750. The summed E-state index contributed by atoms with van der Waals surface area (Å²) in [6.45, 7) is 0.186. The highest BCUT2D eigenvalue weighted by Crippen LogP contribution is 2.29. The van der Waals surface area contributed by atoms with Crippen molar-refractivity contribution in [3.8, 4) is 5.69 Å². The topological polar surface area (TPSA) is 50.9 Å². The van der Waals surface area contributed by atoms with E-state index in [1.165, 1.54) is 11.8 Å². The van der Waals surface area contributed by atoms with Crippen LogP contribution in [0.15, 0.2) is 23.4 Å². The number of rotatable bonds is 6. The Morgan fingerprint density at radius 2 is 2.05 bits per heavy atom. The number of aliphatic hydroxyl groups is 1. The van der Waals surface area contributed by atoms with Crippen LogP contribution in [-0.4, -0.2) is 32.7 Å². The smallest absolute Gasteiger partial charge is 0.195 e. The van der Waals surface area contributed by atoms with Crippen molar-refractivity contribution in [3.63, 3.8) is 0 Å². The zero-order valence-corrected chi connectivity index (χ0v) is 13.3. The molecule has 0 aliphatic heterocycles. The van der Waals surface area contributed by atoms with Gasteiger partial charge in [-0.1, -0.05) is 35.0 Å². The van der Waals surface area contributed by atoms with Gasteiger partial charge >= 0.3 is 0 Å². The largest absolute Gasteiger partial charge is 0.396 e. The molecule has 2 rings (SSSR count). The van der Waals surface area contributed by atoms with E-state index in [0.717, 1.165) is 35.9 Å². The van der Waals surface area contributed by atoms with E-state index in [2.05, 4.69) is 10.2 Å². The van der Waals surface area contributed by atoms with Crippen LogP contribution >= 0.6 is 35.0 Å². The Morgan fingerprint density at radius 3 is 2.70 bits per heavy atom. The molecule has 0 spiro atoms. The minimum absolute atomic E-state index is 0.186. The molecule has 0 atom stereocenters. The first-order valence-corrected chi connectivity index (χ1v) is 8.20. The van der Waals surface area contributed by atoms with E-state index in [-0.39, 0.29) is 6.61 Å². The first-order chi connectivity index (χ1) is 9.67. The van der Waals surface area contributed by atoms with E-state index in [0.29, 0.717) is 10.0 Å². The number of halogens is 2. The summed E-state index contributed by atoms with van der Waals surface area (Å²) in [6.07, 6.45) is 4.29. The average molecular weight is 332 g/mol. The highest BCUT2D eigenvalue weighted by atomic mass is 35.5. The minimum Gasteiger partial charge on any atom is -0.396 e. The lowest BCUT2D eigenvalue weighted by Crippen LogP contribution is -2.04. The number of thioether (sulfide) groups is 1. The summed E-state index contributed by atoms with van der Waals surface area (Å²) in [5.74, 6) is 0.840. The highest BCUT2D eigenvalue weighted by Gasteiger charge is 2.15. The predicted octanol–water partition coefficient (Wildman–Crippen LogP) is 3.61. The van der Waals surface area contributed by atoms with Crippen LogP contribution in [0.25, 0.3) is 5.69 Å². The summed E-state index contributed by atoms with van der Waals surface area (Å²) in [5.41, 5.74) is 0.824. The maximum absolute atomic E-state index is 8.87. The number of benzene rings is 1. The maximum atomic E-state index is 8.87. The summed E-state index contributed by atoms with van der Waals surface area (Å²) in [6, 6.07) is 5.37. The summed E-state index contributed by atoms with van der Waals surface area (Å²) >= 11 is 13.7. The molecule has 0 radical (unpaired) electrons. The molecule has 108 valence electrons. The third kappa shape index (κ3) is 3.47. The summed E-state index contributed by atoms with van der Waals surface area (Å²) in [4.78, 5) is 0. The maximum Gasteiger partial charge on any atom is 0.195 e. The molecule has 1 N–H and O–H groups in total. The molecule has 1 aromatic heterocycles. The lowest BCUT2D eigenvalue weighted by Gasteiger charge is -2.11. The van der Waals surface area contributed by atoms with Gasteiger partial charge in [0.1, 0.15) is 5.82 Å². The fourth-order valence-electron chi connectivity index (χ4n) is 1.89. The van der Waals surface area contributed by atoms with E-state index in [9.17, 15) is 0 Å². The fourth-order valence-corrected chi connectivity index (χ4v) is 2.90. The number of aromatic nitrogens is 3. The number of hydrogen-bond donors (Lipinski definition) is 1. The van der Waals surface area contributed by atoms with Gasteiger partial charge in [0.05, 0.1) is 10.7 Å². The van der Waals surface area contributed by atoms with Crippen LogP contribution in [0.3, 0.4) is 0 Å². The highest BCUT2D eigenvalue weighted by molar-refractivity contribution is 7.98. The number of aliphatic hydroxyl groups excluding tert-OH is 1. The van der Waals surface area contributed by atoms with E-state index < -0.39 is 0 Å². The van der Waals surface area contributed by atoms with E-state index in [1.807, 2.05) is 16.9 Å². The molecule has 0 amide bonds. The van der Waals surface area contributed by atoms with Gasteiger partial charge in [0.15, 0.2) is 5.16 Å². The van der Waals surface area contributed by atoms with Crippen LogP contribution in [-0.2, 0) is 6.42 Å². The quantitative estimate of drug-likeness (QED) is 0.648. The Labute approximate surface area is 132 Å². The normalized spacial score (nSPS) is 11.0. The average Bonchev–Trinajstić information content (AvgIpc) is 2.82. The van der Waals surface area contributed by atoms with Crippen LogP contribution in [0.2, 0.25) is 10.0 Å². The molecule has 0 unspecified atom stereocenters. The molecular weight excluding hydrogens is 317 g/mol. The van der Waals surface area contributed by atoms with Gasteiger partial charge in [0, 0.05) is 18.1 Å². The molecule has 0 fully saturated rings. The first-order valence-electron chi connectivity index (χ1n) is 6.22. The van der Waals surface area contributed by atoms with Crippen molar-refractivity contribution < 1.29 is 5.11 Å². The van der Waals surface area contributed by atoms with E-state index in [4.69, 9.17) is 28.3 Å². The van der Waals surface area contributed by atoms with Gasteiger partial charge in [-0.25, -0.2) is 0 Å². The van der Waals surface area contributed by atoms with Crippen molar-refractivity contribution in [2.45, 2.75) is 24.4 Å². The van der Waals surface area contributed by atoms with Crippen molar-refractivity contribution in [2.24, 2.45) is 0 Å². The SMILES string of the molecule is CSc1nnc(CCCCO)n1-c1ccc(Cl)cc1Cl. The number of hydrogen-bond acceptors (Lipinski definition) is 4. The summed E-state index contributed by atoms with van der Waals surface area (Å²) in [5, 5.41) is 19.2. The zero-order valence-electron chi connectivity index (χ0n) is 11.0. The summed E-state index contributed by atoms with van der Waals surface area (Å²) < 4.78 is 1.95. The molecule has 7 heteroatoms. The molecule has 0 saturated carbocycles. The predicted molar refractivity (Wildman–Crippen MR) is 83.2 cm³/mol. The molecule has 0 bridgehead atoms. The second kappa shape index (κ2) is 7.31. The van der Waals surface area contributed by atoms with Crippen molar-refractivity contribution in [2.75, 3.05) is 12.9 Å². The van der Waals surface area contributed by atoms with Crippen LogP contribution < -0.4 is 0 Å². The second-order valence-corrected chi connectivity index (χ2v) is 5.83. The van der Waals surface area contributed by atoms with Gasteiger partial charge in [-0.05, 0) is 37.3 Å². The molecule has 1 heterocycles. The second-order valence-electron chi connectivity index (χ2n) is 4.21. The Morgan fingerprint density at radius 1 is 1.25 bits per heavy atom. The fraction of sp³-hybridized carbons (Fsp3) is 0.385. The van der Waals surface area contributed by atoms with Gasteiger partial charge < -0.3 is 5.11 Å². The molecule has 2 aromatic rings. The molecule has 0 aliphatic carbocycles. The van der Waals surface area contributed by atoms with Crippen LogP contribution in [0.5, 0.6) is 0 Å². The van der Waals surface area contributed by atoms with Gasteiger partial charge in [-0.2, -0.15) is 0 Å². The standard InChI is InChI=1S/C13H15Cl2N3OS/c1-20-13-17-16-12(4-2-3-7-19)18(13)11-6-5-9(14)8-10(11)15/h5-6,8,19H,2-4,7H2,1H3. The Kier molecular flexibility index (Phi) is 5.72. The monoisotopic (exact) mass is 331 g/mol. The van der Waals surface area contributed by atoms with E-state index >= 15 is 0 Å². The third-order valence-corrected chi connectivity index (χ3v) is 4.01. The first kappa shape index (κ1) is 15.6. The minimum atomic E-state index is 0.186.